The van der Waals surface area contributed by atoms with Crippen LogP contribution in [0.1, 0.15) is 40.0 Å². The molecule has 1 saturated heterocycles. The molecule has 0 amide bonds. The summed E-state index contributed by atoms with van der Waals surface area (Å²) in [6.45, 7) is 8.57. The monoisotopic (exact) mass is 262 g/mol. The van der Waals surface area contributed by atoms with Gasteiger partial charge in [0, 0.05) is 24.5 Å². The average molecular weight is 262 g/mol. The van der Waals surface area contributed by atoms with E-state index in [4.69, 9.17) is 10.5 Å². The van der Waals surface area contributed by atoms with Crippen LogP contribution in [0.3, 0.4) is 0 Å². The van der Waals surface area contributed by atoms with Gasteiger partial charge in [0.1, 0.15) is 0 Å². The van der Waals surface area contributed by atoms with Crippen molar-refractivity contribution in [3.05, 3.63) is 24.3 Å². The van der Waals surface area contributed by atoms with Crippen molar-refractivity contribution in [2.24, 2.45) is 0 Å². The zero-order chi connectivity index (χ0) is 13.9. The number of hydrogen-bond donors (Lipinski definition) is 1. The van der Waals surface area contributed by atoms with Crippen molar-refractivity contribution < 1.29 is 4.74 Å². The van der Waals surface area contributed by atoms with Crippen LogP contribution >= 0.6 is 0 Å². The van der Waals surface area contributed by atoms with Gasteiger partial charge in [0.25, 0.3) is 0 Å². The van der Waals surface area contributed by atoms with Crippen molar-refractivity contribution in [1.82, 2.24) is 0 Å². The molecule has 0 spiro atoms. The topological polar surface area (TPSA) is 38.5 Å². The highest BCUT2D eigenvalue weighted by Crippen LogP contribution is 2.30. The van der Waals surface area contributed by atoms with Gasteiger partial charge in [-0.05, 0) is 51.3 Å². The fourth-order valence-electron chi connectivity index (χ4n) is 2.77. The van der Waals surface area contributed by atoms with Crippen molar-refractivity contribution in [2.75, 3.05) is 23.7 Å². The molecule has 1 atom stereocenters. The second kappa shape index (κ2) is 5.83. The molecule has 1 aromatic carbocycles. The highest BCUT2D eigenvalue weighted by molar-refractivity contribution is 5.56. The van der Waals surface area contributed by atoms with Crippen molar-refractivity contribution in [1.29, 1.82) is 0 Å². The fraction of sp³-hybridized carbons (Fsp3) is 0.625. The van der Waals surface area contributed by atoms with Crippen LogP contribution in [-0.4, -0.2) is 24.8 Å². The fourth-order valence-corrected chi connectivity index (χ4v) is 2.77. The SMILES string of the molecule is CCCN(CC1CCC(C)(C)O1)c1cccc(N)c1. The maximum absolute atomic E-state index is 6.10. The predicted octanol–water partition coefficient (Wildman–Crippen LogP) is 3.44. The van der Waals surface area contributed by atoms with E-state index < -0.39 is 0 Å². The minimum atomic E-state index is 0.0399. The zero-order valence-electron chi connectivity index (χ0n) is 12.4. The molecule has 0 saturated carbocycles. The van der Waals surface area contributed by atoms with Crippen molar-refractivity contribution >= 4 is 11.4 Å². The lowest BCUT2D eigenvalue weighted by Gasteiger charge is -2.28. The van der Waals surface area contributed by atoms with Crippen LogP contribution in [0.25, 0.3) is 0 Å². The largest absolute Gasteiger partial charge is 0.399 e. The summed E-state index contributed by atoms with van der Waals surface area (Å²) in [7, 11) is 0. The second-order valence-electron chi connectivity index (χ2n) is 6.08. The first kappa shape index (κ1) is 14.2. The maximum atomic E-state index is 6.10. The van der Waals surface area contributed by atoms with Crippen LogP contribution in [0.4, 0.5) is 11.4 Å². The van der Waals surface area contributed by atoms with Gasteiger partial charge in [-0.3, -0.25) is 0 Å². The molecule has 1 unspecified atom stereocenters. The Morgan fingerprint density at radius 1 is 1.42 bits per heavy atom. The summed E-state index contributed by atoms with van der Waals surface area (Å²) < 4.78 is 6.10. The highest BCUT2D eigenvalue weighted by atomic mass is 16.5. The van der Waals surface area contributed by atoms with Gasteiger partial charge in [0.2, 0.25) is 0 Å². The van der Waals surface area contributed by atoms with Gasteiger partial charge in [-0.1, -0.05) is 13.0 Å². The first-order chi connectivity index (χ1) is 9.00. The molecule has 3 heteroatoms. The smallest absolute Gasteiger partial charge is 0.0758 e. The molecular formula is C16H26N2O. The van der Waals surface area contributed by atoms with Gasteiger partial charge in [-0.15, -0.1) is 0 Å². The van der Waals surface area contributed by atoms with E-state index in [1.54, 1.807) is 0 Å². The van der Waals surface area contributed by atoms with Gasteiger partial charge >= 0.3 is 0 Å². The second-order valence-corrected chi connectivity index (χ2v) is 6.08. The molecule has 2 N–H and O–H groups in total. The molecule has 1 fully saturated rings. The molecule has 106 valence electrons. The quantitative estimate of drug-likeness (QED) is 0.826. The highest BCUT2D eigenvalue weighted by Gasteiger charge is 2.32. The predicted molar refractivity (Wildman–Crippen MR) is 81.5 cm³/mol. The summed E-state index contributed by atoms with van der Waals surface area (Å²) >= 11 is 0. The number of nitrogen functional groups attached to an aromatic ring is 1. The third kappa shape index (κ3) is 3.87. The summed E-state index contributed by atoms with van der Waals surface area (Å²) in [5.41, 5.74) is 7.95. The number of benzene rings is 1. The molecule has 1 aliphatic heterocycles. The molecule has 2 rings (SSSR count). The summed E-state index contributed by atoms with van der Waals surface area (Å²) in [4.78, 5) is 2.39. The lowest BCUT2D eigenvalue weighted by atomic mass is 10.1. The first-order valence-electron chi connectivity index (χ1n) is 7.28. The summed E-state index contributed by atoms with van der Waals surface area (Å²) in [6.07, 6.45) is 3.76. The third-order valence-corrected chi connectivity index (χ3v) is 3.71. The minimum Gasteiger partial charge on any atom is -0.399 e. The average Bonchev–Trinajstić information content (AvgIpc) is 2.68. The molecular weight excluding hydrogens is 236 g/mol. The van der Waals surface area contributed by atoms with Crippen molar-refractivity contribution in [2.45, 2.75) is 51.7 Å². The van der Waals surface area contributed by atoms with Gasteiger partial charge in [-0.25, -0.2) is 0 Å². The molecule has 0 aromatic heterocycles. The number of anilines is 2. The van der Waals surface area contributed by atoms with Crippen LogP contribution in [0.2, 0.25) is 0 Å². The normalized spacial score (nSPS) is 21.5. The Morgan fingerprint density at radius 2 is 2.21 bits per heavy atom. The molecule has 3 nitrogen and oxygen atoms in total. The summed E-state index contributed by atoms with van der Waals surface area (Å²) in [5.74, 6) is 0. The van der Waals surface area contributed by atoms with E-state index >= 15 is 0 Å². The molecule has 0 aliphatic carbocycles. The Bertz CT molecular complexity index is 417. The van der Waals surface area contributed by atoms with E-state index in [-0.39, 0.29) is 5.60 Å². The van der Waals surface area contributed by atoms with E-state index in [9.17, 15) is 0 Å². The minimum absolute atomic E-state index is 0.0399. The molecule has 19 heavy (non-hydrogen) atoms. The third-order valence-electron chi connectivity index (χ3n) is 3.71. The zero-order valence-corrected chi connectivity index (χ0v) is 12.4. The molecule has 1 heterocycles. The molecule has 1 aromatic rings. The van der Waals surface area contributed by atoms with Gasteiger partial charge in [-0.2, -0.15) is 0 Å². The number of nitrogens with zero attached hydrogens (tertiary/aromatic N) is 1. The Morgan fingerprint density at radius 3 is 2.79 bits per heavy atom. The van der Waals surface area contributed by atoms with Crippen LogP contribution in [-0.2, 0) is 4.74 Å². The van der Waals surface area contributed by atoms with Crippen LogP contribution < -0.4 is 10.6 Å². The lowest BCUT2D eigenvalue weighted by molar-refractivity contribution is -0.0115. The van der Waals surface area contributed by atoms with E-state index in [0.29, 0.717) is 6.10 Å². The van der Waals surface area contributed by atoms with E-state index in [2.05, 4.69) is 37.8 Å². The molecule has 0 bridgehead atoms. The number of nitrogens with two attached hydrogens (primary N) is 1. The number of hydrogen-bond acceptors (Lipinski definition) is 3. The van der Waals surface area contributed by atoms with Gasteiger partial charge in [0.05, 0.1) is 11.7 Å². The molecule has 0 radical (unpaired) electrons. The standard InChI is InChI=1S/C16H26N2O/c1-4-10-18(14-7-5-6-13(17)11-14)12-15-8-9-16(2,3)19-15/h5-7,11,15H,4,8-10,12,17H2,1-3H3. The Hall–Kier alpha value is -1.22. The van der Waals surface area contributed by atoms with E-state index in [0.717, 1.165) is 38.0 Å². The van der Waals surface area contributed by atoms with E-state index in [1.807, 2.05) is 12.1 Å². The lowest BCUT2D eigenvalue weighted by Crippen LogP contribution is -2.34. The Kier molecular flexibility index (Phi) is 4.35. The summed E-state index contributed by atoms with van der Waals surface area (Å²) in [6, 6.07) is 8.14. The Balaban J connectivity index is 2.04. The first-order valence-corrected chi connectivity index (χ1v) is 7.28. The molecule has 1 aliphatic rings. The maximum Gasteiger partial charge on any atom is 0.0758 e. The van der Waals surface area contributed by atoms with Crippen molar-refractivity contribution in [3.63, 3.8) is 0 Å². The van der Waals surface area contributed by atoms with Crippen LogP contribution in [0.15, 0.2) is 24.3 Å². The van der Waals surface area contributed by atoms with E-state index in [1.165, 1.54) is 5.69 Å². The number of rotatable bonds is 5. The number of ether oxygens (including phenoxy) is 1. The Labute approximate surface area is 116 Å². The van der Waals surface area contributed by atoms with Crippen LogP contribution in [0, 0.1) is 0 Å². The van der Waals surface area contributed by atoms with Gasteiger partial charge in [0.15, 0.2) is 0 Å². The summed E-state index contributed by atoms with van der Waals surface area (Å²) in [5, 5.41) is 0. The van der Waals surface area contributed by atoms with Crippen LogP contribution in [0.5, 0.6) is 0 Å². The van der Waals surface area contributed by atoms with Gasteiger partial charge < -0.3 is 15.4 Å². The van der Waals surface area contributed by atoms with Crippen molar-refractivity contribution in [3.8, 4) is 0 Å².